The number of rotatable bonds is 7. The summed E-state index contributed by atoms with van der Waals surface area (Å²) in [4.78, 5) is 11.8. The van der Waals surface area contributed by atoms with E-state index in [1.54, 1.807) is 7.11 Å². The fourth-order valence-corrected chi connectivity index (χ4v) is 2.55. The molecule has 1 saturated heterocycles. The van der Waals surface area contributed by atoms with Crippen LogP contribution in [0.2, 0.25) is 0 Å². The predicted molar refractivity (Wildman–Crippen MR) is 77.2 cm³/mol. The van der Waals surface area contributed by atoms with Gasteiger partial charge in [-0.05, 0) is 25.0 Å². The van der Waals surface area contributed by atoms with E-state index in [9.17, 15) is 4.79 Å². The molecule has 0 aromatic heterocycles. The Hall–Kier alpha value is -1.59. The molecule has 0 bridgehead atoms. The highest BCUT2D eigenvalue weighted by Gasteiger charge is 2.40. The first-order valence-corrected chi connectivity index (χ1v) is 7.14. The van der Waals surface area contributed by atoms with E-state index in [0.717, 1.165) is 5.75 Å². The van der Waals surface area contributed by atoms with Crippen molar-refractivity contribution in [2.45, 2.75) is 25.0 Å². The molecule has 1 aromatic rings. The summed E-state index contributed by atoms with van der Waals surface area (Å²) in [6.45, 7) is 0.991. The Bertz CT molecular complexity index is 434. The summed E-state index contributed by atoms with van der Waals surface area (Å²) in [7, 11) is 3.04. The van der Waals surface area contributed by atoms with Crippen molar-refractivity contribution in [2.24, 2.45) is 5.92 Å². The molecular weight excluding hydrogens is 272 g/mol. The van der Waals surface area contributed by atoms with Gasteiger partial charge in [-0.2, -0.15) is 0 Å². The van der Waals surface area contributed by atoms with Crippen LogP contribution in [0.5, 0.6) is 5.75 Å². The molecule has 0 saturated carbocycles. The van der Waals surface area contributed by atoms with E-state index in [-0.39, 0.29) is 24.1 Å². The Morgan fingerprint density at radius 1 is 1.29 bits per heavy atom. The van der Waals surface area contributed by atoms with E-state index in [4.69, 9.17) is 18.9 Å². The Labute approximate surface area is 125 Å². The van der Waals surface area contributed by atoms with E-state index < -0.39 is 0 Å². The summed E-state index contributed by atoms with van der Waals surface area (Å²) in [6.07, 6.45) is 1.03. The molecule has 3 atom stereocenters. The predicted octanol–water partition coefficient (Wildman–Crippen LogP) is 2.05. The molecule has 0 spiro atoms. The first kappa shape index (κ1) is 15.8. The highest BCUT2D eigenvalue weighted by molar-refractivity contribution is 5.73. The molecule has 0 N–H and O–H groups in total. The van der Waals surface area contributed by atoms with Crippen LogP contribution in [-0.4, -0.2) is 45.6 Å². The number of ether oxygens (including phenoxy) is 4. The van der Waals surface area contributed by atoms with Gasteiger partial charge in [-0.15, -0.1) is 0 Å². The second-order valence-electron chi connectivity index (χ2n) is 5.07. The average Bonchev–Trinajstić information content (AvgIpc) is 2.94. The van der Waals surface area contributed by atoms with Gasteiger partial charge in [0, 0.05) is 13.7 Å². The fourth-order valence-electron chi connectivity index (χ4n) is 2.55. The highest BCUT2D eigenvalue weighted by Crippen LogP contribution is 2.30. The average molecular weight is 294 g/mol. The zero-order valence-electron chi connectivity index (χ0n) is 12.5. The Morgan fingerprint density at radius 3 is 2.71 bits per heavy atom. The van der Waals surface area contributed by atoms with Crippen LogP contribution >= 0.6 is 0 Å². The van der Waals surface area contributed by atoms with Crippen LogP contribution in [-0.2, 0) is 19.0 Å². The van der Waals surface area contributed by atoms with Crippen LogP contribution in [0.25, 0.3) is 0 Å². The molecule has 1 fully saturated rings. The van der Waals surface area contributed by atoms with Gasteiger partial charge < -0.3 is 18.9 Å². The summed E-state index contributed by atoms with van der Waals surface area (Å²) < 4.78 is 21.5. The van der Waals surface area contributed by atoms with Crippen molar-refractivity contribution in [1.82, 2.24) is 0 Å². The van der Waals surface area contributed by atoms with E-state index >= 15 is 0 Å². The van der Waals surface area contributed by atoms with E-state index in [0.29, 0.717) is 26.1 Å². The number of hydrogen-bond acceptors (Lipinski definition) is 5. The minimum absolute atomic E-state index is 0.101. The van der Waals surface area contributed by atoms with Crippen molar-refractivity contribution in [3.63, 3.8) is 0 Å². The number of carbonyl (C=O) groups is 1. The molecule has 21 heavy (non-hydrogen) atoms. The zero-order chi connectivity index (χ0) is 15.1. The van der Waals surface area contributed by atoms with Crippen LogP contribution in [0, 0.1) is 5.92 Å². The minimum Gasteiger partial charge on any atom is -0.491 e. The summed E-state index contributed by atoms with van der Waals surface area (Å²) in [6, 6.07) is 9.57. The van der Waals surface area contributed by atoms with Gasteiger partial charge in [-0.3, -0.25) is 4.79 Å². The lowest BCUT2D eigenvalue weighted by Crippen LogP contribution is -2.26. The number of benzene rings is 1. The maximum Gasteiger partial charge on any atom is 0.311 e. The number of hydrogen-bond donors (Lipinski definition) is 0. The van der Waals surface area contributed by atoms with Crippen molar-refractivity contribution in [3.05, 3.63) is 30.3 Å². The Morgan fingerprint density at radius 2 is 2.05 bits per heavy atom. The molecule has 5 heteroatoms. The fraction of sp³-hybridized carbons (Fsp3) is 0.562. The Kier molecular flexibility index (Phi) is 6.02. The smallest absolute Gasteiger partial charge is 0.311 e. The zero-order valence-corrected chi connectivity index (χ0v) is 12.5. The number of methoxy groups -OCH3 is 2. The SMILES string of the molecule is COCC[C@H]1O[C@@H](COc2ccccc2)C[C@H]1C(=O)OC. The van der Waals surface area contributed by atoms with Gasteiger partial charge in [-0.1, -0.05) is 18.2 Å². The molecule has 1 aromatic carbocycles. The van der Waals surface area contributed by atoms with Gasteiger partial charge in [0.25, 0.3) is 0 Å². The van der Waals surface area contributed by atoms with Crippen molar-refractivity contribution in [3.8, 4) is 5.75 Å². The van der Waals surface area contributed by atoms with Crippen molar-refractivity contribution in [2.75, 3.05) is 27.4 Å². The topological polar surface area (TPSA) is 54.0 Å². The van der Waals surface area contributed by atoms with Crippen molar-refractivity contribution >= 4 is 5.97 Å². The van der Waals surface area contributed by atoms with Crippen LogP contribution in [0.4, 0.5) is 0 Å². The van der Waals surface area contributed by atoms with Crippen LogP contribution in [0.1, 0.15) is 12.8 Å². The maximum atomic E-state index is 11.8. The molecule has 2 rings (SSSR count). The number of para-hydroxylation sites is 1. The van der Waals surface area contributed by atoms with E-state index in [2.05, 4.69) is 0 Å². The molecule has 0 aliphatic carbocycles. The van der Waals surface area contributed by atoms with Crippen molar-refractivity contribution in [1.29, 1.82) is 0 Å². The lowest BCUT2D eigenvalue weighted by Gasteiger charge is -2.16. The Balaban J connectivity index is 1.88. The molecule has 1 aliphatic rings. The van der Waals surface area contributed by atoms with Crippen molar-refractivity contribution < 1.29 is 23.7 Å². The minimum atomic E-state index is -0.241. The van der Waals surface area contributed by atoms with E-state index in [1.165, 1.54) is 7.11 Å². The molecule has 1 heterocycles. The standard InChI is InChI=1S/C16H22O5/c1-18-9-8-15-14(16(17)19-2)10-13(21-15)11-20-12-6-4-3-5-7-12/h3-7,13-15H,8-11H2,1-2H3/t13-,14-,15-/m1/s1. The lowest BCUT2D eigenvalue weighted by molar-refractivity contribution is -0.147. The number of carbonyl (C=O) groups excluding carboxylic acids is 1. The van der Waals surface area contributed by atoms with Crippen LogP contribution in [0.3, 0.4) is 0 Å². The highest BCUT2D eigenvalue weighted by atomic mass is 16.6. The van der Waals surface area contributed by atoms with Crippen LogP contribution in [0.15, 0.2) is 30.3 Å². The van der Waals surface area contributed by atoms with Gasteiger partial charge in [0.15, 0.2) is 0 Å². The summed E-state index contributed by atoms with van der Waals surface area (Å²) in [5.74, 6) is 0.337. The van der Waals surface area contributed by atoms with Gasteiger partial charge in [-0.25, -0.2) is 0 Å². The molecule has 116 valence electrons. The monoisotopic (exact) mass is 294 g/mol. The van der Waals surface area contributed by atoms with Crippen LogP contribution < -0.4 is 4.74 Å². The third-order valence-electron chi connectivity index (χ3n) is 3.62. The summed E-state index contributed by atoms with van der Waals surface area (Å²) >= 11 is 0. The third-order valence-corrected chi connectivity index (χ3v) is 3.62. The quantitative estimate of drug-likeness (QED) is 0.720. The molecular formula is C16H22O5. The van der Waals surface area contributed by atoms with Gasteiger partial charge in [0.05, 0.1) is 25.2 Å². The van der Waals surface area contributed by atoms with Gasteiger partial charge in [0.2, 0.25) is 0 Å². The summed E-state index contributed by atoms with van der Waals surface area (Å²) in [5, 5.41) is 0. The van der Waals surface area contributed by atoms with Gasteiger partial charge >= 0.3 is 5.97 Å². The van der Waals surface area contributed by atoms with E-state index in [1.807, 2.05) is 30.3 Å². The first-order valence-electron chi connectivity index (χ1n) is 7.14. The van der Waals surface area contributed by atoms with Gasteiger partial charge in [0.1, 0.15) is 12.4 Å². The molecule has 1 aliphatic heterocycles. The third kappa shape index (κ3) is 4.44. The molecule has 0 amide bonds. The second-order valence-corrected chi connectivity index (χ2v) is 5.07. The normalized spacial score (nSPS) is 24.8. The molecule has 5 nitrogen and oxygen atoms in total. The summed E-state index contributed by atoms with van der Waals surface area (Å²) in [5.41, 5.74) is 0. The first-order chi connectivity index (χ1) is 10.2. The molecule has 0 unspecified atom stereocenters. The molecule has 0 radical (unpaired) electrons. The lowest BCUT2D eigenvalue weighted by atomic mass is 9.97. The largest absolute Gasteiger partial charge is 0.491 e. The maximum absolute atomic E-state index is 11.8. The number of esters is 1. The second kappa shape index (κ2) is 8.00.